The molecule has 3 N–H and O–H groups in total. The monoisotopic (exact) mass is 254 g/mol. The zero-order chi connectivity index (χ0) is 12.4. The number of hydrogen-bond donors (Lipinski definition) is 2. The topological polar surface area (TPSA) is 38.0 Å². The molecule has 0 aliphatic carbocycles. The zero-order valence-corrected chi connectivity index (χ0v) is 9.43. The molecule has 17 heavy (non-hydrogen) atoms. The minimum atomic E-state index is -0.690. The van der Waals surface area contributed by atoms with Gasteiger partial charge in [0.2, 0.25) is 0 Å². The van der Waals surface area contributed by atoms with Gasteiger partial charge in [0.25, 0.3) is 0 Å². The standard InChI is InChI=1S/C12H9ClF2N2/c13-7-1-3-10(16)12(5-7)17-11-4-2-8(14)6-9(11)15/h1-6,17H,16H2. The lowest BCUT2D eigenvalue weighted by Gasteiger charge is -2.10. The zero-order valence-electron chi connectivity index (χ0n) is 8.68. The summed E-state index contributed by atoms with van der Waals surface area (Å²) in [5.74, 6) is -1.32. The van der Waals surface area contributed by atoms with Gasteiger partial charge in [-0.15, -0.1) is 0 Å². The van der Waals surface area contributed by atoms with Crippen molar-refractivity contribution in [2.45, 2.75) is 0 Å². The van der Waals surface area contributed by atoms with E-state index in [1.54, 1.807) is 18.2 Å². The van der Waals surface area contributed by atoms with Crippen LogP contribution < -0.4 is 11.1 Å². The molecular weight excluding hydrogens is 246 g/mol. The first-order valence-electron chi connectivity index (χ1n) is 4.83. The molecule has 2 aromatic rings. The number of anilines is 3. The van der Waals surface area contributed by atoms with Crippen molar-refractivity contribution in [3.8, 4) is 0 Å². The predicted molar refractivity (Wildman–Crippen MR) is 65.5 cm³/mol. The Morgan fingerprint density at radius 3 is 2.47 bits per heavy atom. The molecule has 88 valence electrons. The Balaban J connectivity index is 2.34. The number of halogens is 3. The van der Waals surface area contributed by atoms with Crippen LogP contribution in [0.25, 0.3) is 0 Å². The van der Waals surface area contributed by atoms with Crippen LogP contribution in [0, 0.1) is 11.6 Å². The van der Waals surface area contributed by atoms with E-state index in [-0.39, 0.29) is 5.69 Å². The predicted octanol–water partition coefficient (Wildman–Crippen LogP) is 3.94. The second-order valence-electron chi connectivity index (χ2n) is 3.48. The number of rotatable bonds is 2. The van der Waals surface area contributed by atoms with Crippen LogP contribution in [-0.4, -0.2) is 0 Å². The lowest BCUT2D eigenvalue weighted by Crippen LogP contribution is -1.98. The van der Waals surface area contributed by atoms with Crippen LogP contribution in [-0.2, 0) is 0 Å². The summed E-state index contributed by atoms with van der Waals surface area (Å²) in [6.07, 6.45) is 0. The summed E-state index contributed by atoms with van der Waals surface area (Å²) in [5, 5.41) is 3.23. The van der Waals surface area contributed by atoms with Crippen molar-refractivity contribution in [2.75, 3.05) is 11.1 Å². The van der Waals surface area contributed by atoms with Crippen molar-refractivity contribution in [1.82, 2.24) is 0 Å². The summed E-state index contributed by atoms with van der Waals surface area (Å²) in [6.45, 7) is 0. The van der Waals surface area contributed by atoms with Gasteiger partial charge in [-0.2, -0.15) is 0 Å². The molecule has 0 bridgehead atoms. The molecule has 0 aromatic heterocycles. The minimum absolute atomic E-state index is 0.139. The van der Waals surface area contributed by atoms with Crippen LogP contribution in [0.4, 0.5) is 25.8 Å². The van der Waals surface area contributed by atoms with Crippen molar-refractivity contribution in [3.63, 3.8) is 0 Å². The third kappa shape index (κ3) is 2.65. The molecule has 0 heterocycles. The largest absolute Gasteiger partial charge is 0.397 e. The maximum Gasteiger partial charge on any atom is 0.149 e. The summed E-state index contributed by atoms with van der Waals surface area (Å²) >= 11 is 5.80. The van der Waals surface area contributed by atoms with E-state index in [0.29, 0.717) is 16.4 Å². The smallest absolute Gasteiger partial charge is 0.149 e. The first-order valence-corrected chi connectivity index (χ1v) is 5.21. The van der Waals surface area contributed by atoms with E-state index in [4.69, 9.17) is 17.3 Å². The first-order chi connectivity index (χ1) is 8.06. The van der Waals surface area contributed by atoms with Crippen LogP contribution in [0.5, 0.6) is 0 Å². The van der Waals surface area contributed by atoms with E-state index in [2.05, 4.69) is 5.32 Å². The highest BCUT2D eigenvalue weighted by Crippen LogP contribution is 2.27. The van der Waals surface area contributed by atoms with Crippen LogP contribution in [0.15, 0.2) is 36.4 Å². The van der Waals surface area contributed by atoms with Crippen LogP contribution in [0.3, 0.4) is 0 Å². The Labute approximate surface area is 102 Å². The molecule has 0 saturated heterocycles. The molecule has 2 aromatic carbocycles. The van der Waals surface area contributed by atoms with E-state index < -0.39 is 11.6 Å². The molecule has 2 rings (SSSR count). The lowest BCUT2D eigenvalue weighted by molar-refractivity contribution is 0.586. The van der Waals surface area contributed by atoms with Crippen molar-refractivity contribution >= 4 is 28.7 Å². The first kappa shape index (κ1) is 11.7. The fourth-order valence-electron chi connectivity index (χ4n) is 1.37. The van der Waals surface area contributed by atoms with E-state index >= 15 is 0 Å². The normalized spacial score (nSPS) is 10.3. The second-order valence-corrected chi connectivity index (χ2v) is 3.92. The van der Waals surface area contributed by atoms with Gasteiger partial charge in [0, 0.05) is 11.1 Å². The fraction of sp³-hybridized carbons (Fsp3) is 0. The van der Waals surface area contributed by atoms with Crippen LogP contribution in [0.2, 0.25) is 5.02 Å². The van der Waals surface area contributed by atoms with Crippen molar-refractivity contribution < 1.29 is 8.78 Å². The average Bonchev–Trinajstić information content (AvgIpc) is 2.27. The van der Waals surface area contributed by atoms with Crippen LogP contribution >= 0.6 is 11.6 Å². The summed E-state index contributed by atoms with van der Waals surface area (Å²) < 4.78 is 26.1. The quantitative estimate of drug-likeness (QED) is 0.797. The second kappa shape index (κ2) is 4.59. The van der Waals surface area contributed by atoms with Crippen molar-refractivity contribution in [1.29, 1.82) is 0 Å². The van der Waals surface area contributed by atoms with Crippen LogP contribution in [0.1, 0.15) is 0 Å². The maximum atomic E-state index is 13.4. The third-order valence-corrected chi connectivity index (χ3v) is 2.45. The Morgan fingerprint density at radius 1 is 1.00 bits per heavy atom. The van der Waals surface area contributed by atoms with Gasteiger partial charge in [0.05, 0.1) is 17.1 Å². The van der Waals surface area contributed by atoms with E-state index in [0.717, 1.165) is 12.1 Å². The van der Waals surface area contributed by atoms with Gasteiger partial charge in [0.15, 0.2) is 0 Å². The van der Waals surface area contributed by atoms with Gasteiger partial charge in [-0.1, -0.05) is 11.6 Å². The molecule has 0 amide bonds. The fourth-order valence-corrected chi connectivity index (χ4v) is 1.54. The molecule has 0 aliphatic heterocycles. The maximum absolute atomic E-state index is 13.4. The summed E-state index contributed by atoms with van der Waals surface area (Å²) in [7, 11) is 0. The summed E-state index contributed by atoms with van der Waals surface area (Å²) in [5.41, 5.74) is 6.74. The van der Waals surface area contributed by atoms with Gasteiger partial charge >= 0.3 is 0 Å². The van der Waals surface area contributed by atoms with Gasteiger partial charge in [-0.3, -0.25) is 0 Å². The van der Waals surface area contributed by atoms with Crippen molar-refractivity contribution in [3.05, 3.63) is 53.1 Å². The molecule has 0 unspecified atom stereocenters. The van der Waals surface area contributed by atoms with Gasteiger partial charge in [0.1, 0.15) is 11.6 Å². The SMILES string of the molecule is Nc1ccc(Cl)cc1Nc1ccc(F)cc1F. The lowest BCUT2D eigenvalue weighted by atomic mass is 10.2. The molecular formula is C12H9ClF2N2. The molecule has 0 fully saturated rings. The van der Waals surface area contributed by atoms with Crippen molar-refractivity contribution in [2.24, 2.45) is 0 Å². The Bertz CT molecular complexity index is 558. The molecule has 0 radical (unpaired) electrons. The Morgan fingerprint density at radius 2 is 1.76 bits per heavy atom. The number of nitrogen functional groups attached to an aromatic ring is 1. The van der Waals surface area contributed by atoms with E-state index in [9.17, 15) is 8.78 Å². The highest BCUT2D eigenvalue weighted by atomic mass is 35.5. The number of benzene rings is 2. The molecule has 0 aliphatic rings. The minimum Gasteiger partial charge on any atom is -0.397 e. The Kier molecular flexibility index (Phi) is 3.15. The number of nitrogens with one attached hydrogen (secondary N) is 1. The van der Waals surface area contributed by atoms with E-state index in [1.165, 1.54) is 6.07 Å². The molecule has 5 heteroatoms. The number of nitrogens with two attached hydrogens (primary N) is 1. The molecule has 0 saturated carbocycles. The molecule has 0 spiro atoms. The third-order valence-electron chi connectivity index (χ3n) is 2.22. The Hall–Kier alpha value is -1.81. The average molecular weight is 255 g/mol. The summed E-state index contributed by atoms with van der Waals surface area (Å²) in [4.78, 5) is 0. The summed E-state index contributed by atoms with van der Waals surface area (Å²) in [6, 6.07) is 8.05. The number of hydrogen-bond acceptors (Lipinski definition) is 2. The van der Waals surface area contributed by atoms with Gasteiger partial charge in [-0.05, 0) is 30.3 Å². The van der Waals surface area contributed by atoms with E-state index in [1.807, 2.05) is 0 Å². The molecule has 2 nitrogen and oxygen atoms in total. The highest BCUT2D eigenvalue weighted by molar-refractivity contribution is 6.31. The van der Waals surface area contributed by atoms with Gasteiger partial charge < -0.3 is 11.1 Å². The van der Waals surface area contributed by atoms with Gasteiger partial charge in [-0.25, -0.2) is 8.78 Å². The highest BCUT2D eigenvalue weighted by Gasteiger charge is 2.06. The molecule has 0 atom stereocenters.